The molecule has 0 radical (unpaired) electrons. The molecular weight excluding hydrogens is 346 g/mol. The summed E-state index contributed by atoms with van der Waals surface area (Å²) in [6, 6.07) is 20.6. The predicted octanol–water partition coefficient (Wildman–Crippen LogP) is 4.43. The molecule has 1 amide bonds. The minimum absolute atomic E-state index is 0.0276. The zero-order valence-corrected chi connectivity index (χ0v) is 15.2. The lowest BCUT2D eigenvalue weighted by Crippen LogP contribution is -2.27. The van der Waals surface area contributed by atoms with Crippen LogP contribution in [0.4, 0.5) is 0 Å². The monoisotopic (exact) mass is 365 g/mol. The standard InChI is InChI=1S/C21H19NO3S/c1-15(23)16-6-5-7-17(14-16)19-10-11-20(26-19)21(24)22-12-13-25-18-8-3-2-4-9-18/h2-11,14H,12-13H2,1H3,(H,22,24). The van der Waals surface area contributed by atoms with Crippen LogP contribution in [0.15, 0.2) is 66.7 Å². The highest BCUT2D eigenvalue weighted by Gasteiger charge is 2.11. The normalized spacial score (nSPS) is 10.3. The number of nitrogens with one attached hydrogen (secondary N) is 1. The second-order valence-corrected chi connectivity index (χ2v) is 6.80. The summed E-state index contributed by atoms with van der Waals surface area (Å²) in [6.45, 7) is 2.39. The van der Waals surface area contributed by atoms with Crippen molar-refractivity contribution in [3.8, 4) is 16.2 Å². The van der Waals surface area contributed by atoms with E-state index in [1.807, 2.05) is 54.6 Å². The van der Waals surface area contributed by atoms with Crippen molar-refractivity contribution in [1.82, 2.24) is 5.32 Å². The summed E-state index contributed by atoms with van der Waals surface area (Å²) in [5, 5.41) is 2.86. The third-order valence-electron chi connectivity index (χ3n) is 3.78. The van der Waals surface area contributed by atoms with Gasteiger partial charge in [0.25, 0.3) is 5.91 Å². The maximum atomic E-state index is 12.3. The molecule has 0 atom stereocenters. The van der Waals surface area contributed by atoms with Crippen LogP contribution in [-0.2, 0) is 0 Å². The van der Waals surface area contributed by atoms with Crippen molar-refractivity contribution in [2.45, 2.75) is 6.92 Å². The molecule has 0 saturated heterocycles. The maximum absolute atomic E-state index is 12.3. The molecule has 2 aromatic carbocycles. The number of ether oxygens (including phenoxy) is 1. The fraction of sp³-hybridized carbons (Fsp3) is 0.143. The van der Waals surface area contributed by atoms with E-state index >= 15 is 0 Å². The summed E-state index contributed by atoms with van der Waals surface area (Å²) in [5.74, 6) is 0.686. The second kappa shape index (κ2) is 8.45. The van der Waals surface area contributed by atoms with E-state index in [0.29, 0.717) is 23.6 Å². The van der Waals surface area contributed by atoms with E-state index in [0.717, 1.165) is 16.2 Å². The number of rotatable bonds is 7. The molecule has 0 aliphatic heterocycles. The van der Waals surface area contributed by atoms with Crippen molar-refractivity contribution in [2.75, 3.05) is 13.2 Å². The van der Waals surface area contributed by atoms with Crippen molar-refractivity contribution in [1.29, 1.82) is 0 Å². The Bertz CT molecular complexity index is 902. The van der Waals surface area contributed by atoms with Gasteiger partial charge in [0.2, 0.25) is 0 Å². The summed E-state index contributed by atoms with van der Waals surface area (Å²) < 4.78 is 5.56. The van der Waals surface area contributed by atoms with E-state index in [1.165, 1.54) is 11.3 Å². The van der Waals surface area contributed by atoms with E-state index in [4.69, 9.17) is 4.74 Å². The molecular formula is C21H19NO3S. The molecule has 0 spiro atoms. The number of hydrogen-bond acceptors (Lipinski definition) is 4. The highest BCUT2D eigenvalue weighted by molar-refractivity contribution is 7.17. The number of para-hydroxylation sites is 1. The van der Waals surface area contributed by atoms with Crippen molar-refractivity contribution in [2.24, 2.45) is 0 Å². The van der Waals surface area contributed by atoms with Gasteiger partial charge in [-0.05, 0) is 42.8 Å². The number of benzene rings is 2. The molecule has 26 heavy (non-hydrogen) atoms. The molecule has 0 fully saturated rings. The third-order valence-corrected chi connectivity index (χ3v) is 4.92. The van der Waals surface area contributed by atoms with Crippen LogP contribution in [0.3, 0.4) is 0 Å². The Labute approximate surface area is 156 Å². The van der Waals surface area contributed by atoms with Gasteiger partial charge in [-0.25, -0.2) is 0 Å². The number of carbonyl (C=O) groups is 2. The van der Waals surface area contributed by atoms with E-state index in [2.05, 4.69) is 5.32 Å². The summed E-state index contributed by atoms with van der Waals surface area (Å²) >= 11 is 1.40. The zero-order valence-electron chi connectivity index (χ0n) is 14.4. The van der Waals surface area contributed by atoms with Crippen LogP contribution >= 0.6 is 11.3 Å². The Hall–Kier alpha value is -2.92. The van der Waals surface area contributed by atoms with Gasteiger partial charge in [0, 0.05) is 10.4 Å². The van der Waals surface area contributed by atoms with Gasteiger partial charge < -0.3 is 10.1 Å². The van der Waals surface area contributed by atoms with E-state index in [9.17, 15) is 9.59 Å². The molecule has 0 aliphatic carbocycles. The van der Waals surface area contributed by atoms with Gasteiger partial charge in [0.15, 0.2) is 5.78 Å². The minimum atomic E-state index is -0.124. The average molecular weight is 365 g/mol. The predicted molar refractivity (Wildman–Crippen MR) is 104 cm³/mol. The van der Waals surface area contributed by atoms with E-state index in [1.54, 1.807) is 19.1 Å². The molecule has 0 saturated carbocycles. The Morgan fingerprint density at radius 2 is 1.81 bits per heavy atom. The molecule has 132 valence electrons. The first-order valence-corrected chi connectivity index (χ1v) is 9.12. The fourth-order valence-corrected chi connectivity index (χ4v) is 3.36. The molecule has 0 bridgehead atoms. The van der Waals surface area contributed by atoms with Crippen LogP contribution in [-0.4, -0.2) is 24.8 Å². The number of hydrogen-bond donors (Lipinski definition) is 1. The van der Waals surface area contributed by atoms with Crippen LogP contribution in [0, 0.1) is 0 Å². The van der Waals surface area contributed by atoms with Gasteiger partial charge >= 0.3 is 0 Å². The largest absolute Gasteiger partial charge is 0.492 e. The lowest BCUT2D eigenvalue weighted by atomic mass is 10.1. The molecule has 0 aliphatic rings. The summed E-state index contributed by atoms with van der Waals surface area (Å²) in [5.41, 5.74) is 1.61. The second-order valence-electron chi connectivity index (χ2n) is 5.72. The van der Waals surface area contributed by atoms with Gasteiger partial charge in [-0.2, -0.15) is 0 Å². The van der Waals surface area contributed by atoms with Gasteiger partial charge in [-0.3, -0.25) is 9.59 Å². The maximum Gasteiger partial charge on any atom is 0.261 e. The quantitative estimate of drug-likeness (QED) is 0.498. The number of ketones is 1. The highest BCUT2D eigenvalue weighted by Crippen LogP contribution is 2.28. The molecule has 5 heteroatoms. The first-order valence-electron chi connectivity index (χ1n) is 8.31. The molecule has 1 aromatic heterocycles. The molecule has 1 N–H and O–H groups in total. The van der Waals surface area contributed by atoms with Crippen molar-refractivity contribution in [3.63, 3.8) is 0 Å². The lowest BCUT2D eigenvalue weighted by Gasteiger charge is -2.06. The SMILES string of the molecule is CC(=O)c1cccc(-c2ccc(C(=O)NCCOc3ccccc3)s2)c1. The zero-order chi connectivity index (χ0) is 18.4. The topological polar surface area (TPSA) is 55.4 Å². The molecule has 4 nitrogen and oxygen atoms in total. The molecule has 0 unspecified atom stereocenters. The number of thiophene rings is 1. The number of carbonyl (C=O) groups excluding carboxylic acids is 2. The Balaban J connectivity index is 1.56. The summed E-state index contributed by atoms with van der Waals surface area (Å²) in [7, 11) is 0. The van der Waals surface area contributed by atoms with Gasteiger partial charge in [-0.15, -0.1) is 11.3 Å². The van der Waals surface area contributed by atoms with Crippen LogP contribution in [0.1, 0.15) is 27.0 Å². The smallest absolute Gasteiger partial charge is 0.261 e. The summed E-state index contributed by atoms with van der Waals surface area (Å²) in [6.07, 6.45) is 0. The van der Waals surface area contributed by atoms with Crippen molar-refractivity contribution >= 4 is 23.0 Å². The molecule has 3 rings (SSSR count). The minimum Gasteiger partial charge on any atom is -0.492 e. The van der Waals surface area contributed by atoms with Crippen molar-refractivity contribution in [3.05, 3.63) is 77.2 Å². The van der Waals surface area contributed by atoms with E-state index < -0.39 is 0 Å². The fourth-order valence-electron chi connectivity index (χ4n) is 2.44. The first kappa shape index (κ1) is 17.9. The molecule has 3 aromatic rings. The van der Waals surface area contributed by atoms with Crippen LogP contribution in [0.25, 0.3) is 10.4 Å². The molecule has 1 heterocycles. The highest BCUT2D eigenvalue weighted by atomic mass is 32.1. The summed E-state index contributed by atoms with van der Waals surface area (Å²) in [4.78, 5) is 25.4. The van der Waals surface area contributed by atoms with Crippen LogP contribution < -0.4 is 10.1 Å². The Morgan fingerprint density at radius 1 is 1.00 bits per heavy atom. The Morgan fingerprint density at radius 3 is 2.58 bits per heavy atom. The average Bonchev–Trinajstić information content (AvgIpc) is 3.16. The first-order chi connectivity index (χ1) is 12.6. The lowest BCUT2D eigenvalue weighted by molar-refractivity contribution is 0.0950. The van der Waals surface area contributed by atoms with Gasteiger partial charge in [0.1, 0.15) is 12.4 Å². The van der Waals surface area contributed by atoms with Gasteiger partial charge in [0.05, 0.1) is 11.4 Å². The van der Waals surface area contributed by atoms with Gasteiger partial charge in [-0.1, -0.05) is 36.4 Å². The van der Waals surface area contributed by atoms with Crippen molar-refractivity contribution < 1.29 is 14.3 Å². The third kappa shape index (κ3) is 4.58. The van der Waals surface area contributed by atoms with Crippen LogP contribution in [0.2, 0.25) is 0 Å². The van der Waals surface area contributed by atoms with E-state index in [-0.39, 0.29) is 11.7 Å². The van der Waals surface area contributed by atoms with Crippen LogP contribution in [0.5, 0.6) is 5.75 Å². The Kier molecular flexibility index (Phi) is 5.81. The number of amides is 1. The number of Topliss-reactive ketones (excluding diaryl/α,β-unsaturated/α-hetero) is 1.